The molecule has 2 atom stereocenters. The quantitative estimate of drug-likeness (QED) is 0.478. The van der Waals surface area contributed by atoms with Crippen molar-refractivity contribution < 1.29 is 32.6 Å². The smallest absolute Gasteiger partial charge is 0.416 e. The van der Waals surface area contributed by atoms with Crippen LogP contribution in [0.15, 0.2) is 72.8 Å². The molecule has 4 rings (SSSR count). The van der Waals surface area contributed by atoms with E-state index in [-0.39, 0.29) is 18.1 Å². The number of carbonyl (C=O) groups excluding carboxylic acids is 1. The Morgan fingerprint density at radius 3 is 1.94 bits per heavy atom. The maximum Gasteiger partial charge on any atom is 0.416 e. The molecule has 0 amide bonds. The Balaban J connectivity index is 1.59. The topological polar surface area (TPSA) is 89.6 Å². The molecule has 0 heterocycles. The molecule has 3 aromatic rings. The molecule has 8 heteroatoms. The largest absolute Gasteiger partial charge is 0.481 e. The number of ether oxygens (including phenoxy) is 1. The van der Waals surface area contributed by atoms with Gasteiger partial charge in [-0.05, 0) is 39.9 Å². The van der Waals surface area contributed by atoms with Crippen LogP contribution in [0.1, 0.15) is 40.5 Å². The number of nitrogens with two attached hydrogens (primary N) is 1. The molecule has 1 aliphatic carbocycles. The molecule has 3 aromatic carbocycles. The number of carboxylic acids is 1. The van der Waals surface area contributed by atoms with E-state index in [0.717, 1.165) is 46.5 Å². The van der Waals surface area contributed by atoms with E-state index in [1.807, 2.05) is 48.5 Å². The second kappa shape index (κ2) is 9.30. The number of carboxylic acid groups (broad SMARTS) is 1. The van der Waals surface area contributed by atoms with Gasteiger partial charge in [0, 0.05) is 12.0 Å². The lowest BCUT2D eigenvalue weighted by molar-refractivity contribution is -0.146. The van der Waals surface area contributed by atoms with E-state index < -0.39 is 42.1 Å². The number of rotatable bonds is 7. The highest BCUT2D eigenvalue weighted by Crippen LogP contribution is 2.44. The van der Waals surface area contributed by atoms with Crippen molar-refractivity contribution in [2.24, 2.45) is 5.73 Å². The Kier molecular flexibility index (Phi) is 6.43. The van der Waals surface area contributed by atoms with Crippen LogP contribution >= 0.6 is 0 Å². The van der Waals surface area contributed by atoms with Gasteiger partial charge in [0.25, 0.3) is 0 Å². The zero-order valence-corrected chi connectivity index (χ0v) is 18.0. The highest BCUT2D eigenvalue weighted by atomic mass is 19.4. The summed E-state index contributed by atoms with van der Waals surface area (Å²) in [7, 11) is 0. The van der Waals surface area contributed by atoms with Crippen molar-refractivity contribution in [1.29, 1.82) is 0 Å². The Morgan fingerprint density at radius 1 is 0.912 bits per heavy atom. The molecular weight excluding hydrogens is 447 g/mol. The van der Waals surface area contributed by atoms with Crippen LogP contribution in [0.3, 0.4) is 0 Å². The van der Waals surface area contributed by atoms with E-state index in [4.69, 9.17) is 15.6 Å². The first-order valence-electron chi connectivity index (χ1n) is 10.7. The van der Waals surface area contributed by atoms with Crippen LogP contribution in [0.25, 0.3) is 11.1 Å². The van der Waals surface area contributed by atoms with Crippen LogP contribution in [0.4, 0.5) is 13.2 Å². The minimum absolute atomic E-state index is 0.0101. The number of carbonyl (C=O) groups is 2. The molecule has 0 saturated heterocycles. The van der Waals surface area contributed by atoms with Crippen molar-refractivity contribution in [2.75, 3.05) is 6.61 Å². The third-order valence-corrected chi connectivity index (χ3v) is 6.04. The minimum atomic E-state index is -4.54. The molecule has 0 saturated carbocycles. The summed E-state index contributed by atoms with van der Waals surface area (Å²) in [6.07, 6.45) is -5.09. The summed E-state index contributed by atoms with van der Waals surface area (Å²) in [6.45, 7) is -0.0101. The fourth-order valence-electron chi connectivity index (χ4n) is 4.45. The second-order valence-corrected chi connectivity index (χ2v) is 8.22. The average molecular weight is 469 g/mol. The van der Waals surface area contributed by atoms with Crippen molar-refractivity contribution in [3.05, 3.63) is 95.1 Å². The van der Waals surface area contributed by atoms with Crippen LogP contribution in [0.2, 0.25) is 0 Å². The molecular formula is C26H22F3NO4. The van der Waals surface area contributed by atoms with E-state index in [1.54, 1.807) is 0 Å². The predicted molar refractivity (Wildman–Crippen MR) is 119 cm³/mol. The van der Waals surface area contributed by atoms with Crippen LogP contribution in [-0.4, -0.2) is 29.7 Å². The minimum Gasteiger partial charge on any atom is -0.481 e. The second-order valence-electron chi connectivity index (χ2n) is 8.22. The van der Waals surface area contributed by atoms with E-state index in [2.05, 4.69) is 0 Å². The van der Waals surface area contributed by atoms with Gasteiger partial charge in [0.1, 0.15) is 6.61 Å². The first-order chi connectivity index (χ1) is 16.2. The Morgan fingerprint density at radius 2 is 1.44 bits per heavy atom. The normalized spacial score (nSPS) is 14.7. The maximum absolute atomic E-state index is 13.1. The fourth-order valence-corrected chi connectivity index (χ4v) is 4.45. The first-order valence-corrected chi connectivity index (χ1v) is 10.7. The average Bonchev–Trinajstić information content (AvgIpc) is 3.11. The summed E-state index contributed by atoms with van der Waals surface area (Å²) in [6, 6.07) is 18.3. The number of alkyl halides is 3. The van der Waals surface area contributed by atoms with Crippen molar-refractivity contribution in [3.8, 4) is 11.1 Å². The van der Waals surface area contributed by atoms with E-state index in [0.29, 0.717) is 0 Å². The molecule has 3 N–H and O–H groups in total. The van der Waals surface area contributed by atoms with Gasteiger partial charge in [-0.15, -0.1) is 0 Å². The van der Waals surface area contributed by atoms with Crippen LogP contribution in [-0.2, 0) is 20.5 Å². The van der Waals surface area contributed by atoms with Crippen molar-refractivity contribution in [2.45, 2.75) is 30.5 Å². The van der Waals surface area contributed by atoms with E-state index in [9.17, 15) is 22.8 Å². The molecule has 2 unspecified atom stereocenters. The van der Waals surface area contributed by atoms with Gasteiger partial charge >= 0.3 is 18.1 Å². The van der Waals surface area contributed by atoms with Gasteiger partial charge in [-0.3, -0.25) is 9.59 Å². The van der Waals surface area contributed by atoms with Crippen molar-refractivity contribution in [3.63, 3.8) is 0 Å². The zero-order chi connectivity index (χ0) is 24.5. The molecule has 176 valence electrons. The van der Waals surface area contributed by atoms with Gasteiger partial charge in [-0.2, -0.15) is 13.2 Å². The Labute approximate surface area is 194 Å². The monoisotopic (exact) mass is 469 g/mol. The molecule has 0 radical (unpaired) electrons. The lowest BCUT2D eigenvalue weighted by Gasteiger charge is -2.23. The summed E-state index contributed by atoms with van der Waals surface area (Å²) in [4.78, 5) is 24.3. The molecule has 5 nitrogen and oxygen atoms in total. The summed E-state index contributed by atoms with van der Waals surface area (Å²) in [5, 5.41) is 9.15. The molecule has 1 aliphatic rings. The van der Waals surface area contributed by atoms with Crippen LogP contribution in [0.5, 0.6) is 0 Å². The van der Waals surface area contributed by atoms with Crippen molar-refractivity contribution >= 4 is 11.9 Å². The van der Waals surface area contributed by atoms with Gasteiger partial charge in [-0.25, -0.2) is 0 Å². The third kappa shape index (κ3) is 4.68. The highest BCUT2D eigenvalue weighted by molar-refractivity contribution is 5.82. The van der Waals surface area contributed by atoms with Crippen molar-refractivity contribution in [1.82, 2.24) is 0 Å². The number of aliphatic carboxylic acids is 1. The van der Waals surface area contributed by atoms with Gasteiger partial charge in [0.05, 0.1) is 17.9 Å². The molecule has 0 bridgehead atoms. The lowest BCUT2D eigenvalue weighted by Crippen LogP contribution is -2.37. The zero-order valence-electron chi connectivity index (χ0n) is 18.0. The Hall–Kier alpha value is -3.65. The first kappa shape index (κ1) is 23.5. The molecule has 0 fully saturated rings. The third-order valence-electron chi connectivity index (χ3n) is 6.04. The van der Waals surface area contributed by atoms with Gasteiger partial charge in [0.2, 0.25) is 0 Å². The summed E-state index contributed by atoms with van der Waals surface area (Å²) in [5.41, 5.74) is 9.37. The standard InChI is InChI=1S/C26H22F3NO4/c27-26(28,29)16-11-9-15(10-12-16)24(22(30)13-23(31)32)25(33)34-14-21-19-7-3-1-5-17(19)18-6-2-4-8-20(18)21/h1-12,21-22,24H,13-14,30H2,(H,31,32). The van der Waals surface area contributed by atoms with Gasteiger partial charge in [-0.1, -0.05) is 60.7 Å². The molecule has 0 spiro atoms. The van der Waals surface area contributed by atoms with E-state index in [1.165, 1.54) is 0 Å². The number of benzene rings is 3. The lowest BCUT2D eigenvalue weighted by atomic mass is 9.89. The summed E-state index contributed by atoms with van der Waals surface area (Å²) in [5.74, 6) is -3.46. The van der Waals surface area contributed by atoms with Crippen LogP contribution < -0.4 is 5.73 Å². The number of fused-ring (bicyclic) bond motifs is 3. The van der Waals surface area contributed by atoms with Gasteiger partial charge in [0.15, 0.2) is 0 Å². The Bertz CT molecular complexity index is 1160. The summed E-state index contributed by atoms with van der Waals surface area (Å²) >= 11 is 0. The molecule has 0 aliphatic heterocycles. The maximum atomic E-state index is 13.1. The van der Waals surface area contributed by atoms with Gasteiger partial charge < -0.3 is 15.6 Å². The van der Waals surface area contributed by atoms with Crippen LogP contribution in [0, 0.1) is 0 Å². The van der Waals surface area contributed by atoms with E-state index >= 15 is 0 Å². The highest BCUT2D eigenvalue weighted by Gasteiger charge is 2.35. The number of esters is 1. The fraction of sp³-hybridized carbons (Fsp3) is 0.231. The predicted octanol–water partition coefficient (Wildman–Crippen LogP) is 4.95. The molecule has 0 aromatic heterocycles. The summed E-state index contributed by atoms with van der Waals surface area (Å²) < 4.78 is 44.5. The number of hydrogen-bond acceptors (Lipinski definition) is 4. The molecule has 34 heavy (non-hydrogen) atoms. The number of halogens is 3. The number of hydrogen-bond donors (Lipinski definition) is 2. The SMILES string of the molecule is NC(CC(=O)O)C(C(=O)OCC1c2ccccc2-c2ccccc21)c1ccc(C(F)(F)F)cc1.